The molecule has 0 bridgehead atoms. The van der Waals surface area contributed by atoms with Crippen molar-refractivity contribution in [2.24, 2.45) is 0 Å². The molecule has 278 valence electrons. The van der Waals surface area contributed by atoms with Crippen molar-refractivity contribution in [2.45, 2.75) is 95.3 Å². The van der Waals surface area contributed by atoms with Crippen molar-refractivity contribution >= 4 is 47.0 Å². The van der Waals surface area contributed by atoms with Crippen LogP contribution in [0.2, 0.25) is 10.2 Å². The van der Waals surface area contributed by atoms with E-state index >= 15 is 4.39 Å². The van der Waals surface area contributed by atoms with Crippen LogP contribution in [0.5, 0.6) is 6.01 Å². The van der Waals surface area contributed by atoms with E-state index in [-0.39, 0.29) is 40.2 Å². The first-order valence-corrected chi connectivity index (χ1v) is 20.9. The van der Waals surface area contributed by atoms with Gasteiger partial charge in [-0.25, -0.2) is 9.37 Å². The molecule has 1 unspecified atom stereocenters. The third-order valence-corrected chi connectivity index (χ3v) is 16.3. The Bertz CT molecular complexity index is 1790. The number of anilines is 1. The lowest BCUT2D eigenvalue weighted by atomic mass is 9.94. The van der Waals surface area contributed by atoms with E-state index in [9.17, 15) is 0 Å². The number of rotatable bonds is 10. The molecular formula is C40H51ClFN5O4Si. The van der Waals surface area contributed by atoms with Crippen LogP contribution in [-0.4, -0.2) is 92.1 Å². The number of piperidine rings is 1. The van der Waals surface area contributed by atoms with Crippen LogP contribution < -0.4 is 20.0 Å². The molecule has 2 aromatic heterocycles. The molecule has 7 rings (SSSR count). The van der Waals surface area contributed by atoms with Gasteiger partial charge < -0.3 is 23.5 Å². The van der Waals surface area contributed by atoms with Crippen molar-refractivity contribution in [1.82, 2.24) is 19.9 Å². The topological polar surface area (TPSA) is 82.1 Å². The van der Waals surface area contributed by atoms with Gasteiger partial charge >= 0.3 is 6.01 Å². The van der Waals surface area contributed by atoms with Gasteiger partial charge in [-0.15, -0.1) is 0 Å². The molecule has 0 saturated carbocycles. The second-order valence-electron chi connectivity index (χ2n) is 15.9. The van der Waals surface area contributed by atoms with E-state index < -0.39 is 19.7 Å². The summed E-state index contributed by atoms with van der Waals surface area (Å²) in [4.78, 5) is 18.0. The summed E-state index contributed by atoms with van der Waals surface area (Å²) in [6.07, 6.45) is 6.90. The zero-order valence-electron chi connectivity index (χ0n) is 31.0. The van der Waals surface area contributed by atoms with Crippen LogP contribution in [-0.2, 0) is 13.9 Å². The van der Waals surface area contributed by atoms with E-state index in [0.717, 1.165) is 58.2 Å². The molecule has 4 aromatic rings. The standard InChI is InChI=1S/C40H51ClFN5O4Si/c1-39(2,3)52(30-15-8-6-9-16-30,31-17-10-7-11-18-31)51-29-23-28(46(5)25-29)26-49-38-44-35-32(24-43-36(41)34(35)42)37(45-38)47-21-14-20-40(4,27-47)50-33-19-12-13-22-48-33/h6-11,15-18,24,28-29,33H,12-14,19-23,25-27H2,1-5H3/t28-,29+,33?,40+/m0/s1. The minimum absolute atomic E-state index is 0.0144. The van der Waals surface area contributed by atoms with E-state index in [4.69, 9.17) is 35.2 Å². The number of aromatic nitrogens is 3. The van der Waals surface area contributed by atoms with Gasteiger partial charge in [0.2, 0.25) is 0 Å². The molecule has 4 atom stereocenters. The second-order valence-corrected chi connectivity index (χ2v) is 20.5. The Morgan fingerprint density at radius 2 is 1.73 bits per heavy atom. The van der Waals surface area contributed by atoms with Crippen molar-refractivity contribution in [2.75, 3.05) is 44.8 Å². The van der Waals surface area contributed by atoms with Gasteiger partial charge in [0.25, 0.3) is 8.32 Å². The largest absolute Gasteiger partial charge is 0.462 e. The molecular weight excluding hydrogens is 697 g/mol. The Kier molecular flexibility index (Phi) is 10.9. The van der Waals surface area contributed by atoms with Gasteiger partial charge in [0.1, 0.15) is 17.9 Å². The highest BCUT2D eigenvalue weighted by Crippen LogP contribution is 2.40. The summed E-state index contributed by atoms with van der Waals surface area (Å²) in [5, 5.41) is 2.65. The van der Waals surface area contributed by atoms with E-state index in [1.165, 1.54) is 10.4 Å². The van der Waals surface area contributed by atoms with Gasteiger partial charge in [-0.2, -0.15) is 9.97 Å². The number of benzene rings is 2. The second kappa shape index (κ2) is 15.3. The van der Waals surface area contributed by atoms with Crippen molar-refractivity contribution in [3.05, 3.63) is 77.8 Å². The zero-order chi connectivity index (χ0) is 36.5. The summed E-state index contributed by atoms with van der Waals surface area (Å²) in [6.45, 7) is 12.1. The van der Waals surface area contributed by atoms with Crippen LogP contribution in [0.15, 0.2) is 66.9 Å². The van der Waals surface area contributed by atoms with Crippen LogP contribution in [0, 0.1) is 5.82 Å². The summed E-state index contributed by atoms with van der Waals surface area (Å²) in [5.74, 6) is -0.120. The fourth-order valence-electron chi connectivity index (χ4n) is 8.33. The molecule has 0 aliphatic carbocycles. The highest BCUT2D eigenvalue weighted by atomic mass is 35.5. The molecule has 0 radical (unpaired) electrons. The third kappa shape index (κ3) is 7.58. The van der Waals surface area contributed by atoms with E-state index in [2.05, 4.69) is 115 Å². The van der Waals surface area contributed by atoms with Gasteiger partial charge in [-0.1, -0.05) is 93.0 Å². The summed E-state index contributed by atoms with van der Waals surface area (Å²) < 4.78 is 41.8. The first kappa shape index (κ1) is 37.1. The number of hydrogen-bond acceptors (Lipinski definition) is 9. The molecule has 0 amide bonds. The normalized spacial score (nSPS) is 24.8. The van der Waals surface area contributed by atoms with Gasteiger partial charge in [0.15, 0.2) is 17.3 Å². The number of halogens is 2. The fourth-order valence-corrected chi connectivity index (χ4v) is 13.2. The van der Waals surface area contributed by atoms with Gasteiger partial charge in [-0.3, -0.25) is 4.90 Å². The smallest absolute Gasteiger partial charge is 0.319 e. The van der Waals surface area contributed by atoms with E-state index in [0.29, 0.717) is 24.4 Å². The number of hydrogen-bond donors (Lipinski definition) is 0. The van der Waals surface area contributed by atoms with Gasteiger partial charge in [-0.05, 0) is 67.9 Å². The summed E-state index contributed by atoms with van der Waals surface area (Å²) in [7, 11) is -0.629. The average molecular weight is 748 g/mol. The first-order chi connectivity index (χ1) is 25.0. The Labute approximate surface area is 312 Å². The van der Waals surface area contributed by atoms with Crippen LogP contribution in [0.25, 0.3) is 10.9 Å². The quantitative estimate of drug-likeness (QED) is 0.129. The van der Waals surface area contributed by atoms with Crippen molar-refractivity contribution < 1.29 is 23.0 Å². The van der Waals surface area contributed by atoms with Crippen LogP contribution in [0.3, 0.4) is 0 Å². The molecule has 0 spiro atoms. The third-order valence-electron chi connectivity index (χ3n) is 10.9. The van der Waals surface area contributed by atoms with Crippen LogP contribution in [0.4, 0.5) is 10.2 Å². The van der Waals surface area contributed by atoms with Gasteiger partial charge in [0.05, 0.1) is 17.1 Å². The van der Waals surface area contributed by atoms with Gasteiger partial charge in [0, 0.05) is 38.5 Å². The summed E-state index contributed by atoms with van der Waals surface area (Å²) in [5.41, 5.74) is -0.361. The molecule has 0 N–H and O–H groups in total. The number of likely N-dealkylation sites (tertiary alicyclic amines) is 1. The lowest BCUT2D eigenvalue weighted by Crippen LogP contribution is -2.67. The highest BCUT2D eigenvalue weighted by molar-refractivity contribution is 6.99. The molecule has 3 fully saturated rings. The van der Waals surface area contributed by atoms with Crippen molar-refractivity contribution in [1.29, 1.82) is 0 Å². The maximum absolute atomic E-state index is 15.6. The van der Waals surface area contributed by atoms with E-state index in [1.54, 1.807) is 6.20 Å². The predicted octanol–water partition coefficient (Wildman–Crippen LogP) is 6.75. The Hall–Kier alpha value is -3.19. The highest BCUT2D eigenvalue weighted by Gasteiger charge is 2.52. The monoisotopic (exact) mass is 747 g/mol. The molecule has 2 aromatic carbocycles. The molecule has 9 nitrogen and oxygen atoms in total. The maximum atomic E-state index is 15.6. The molecule has 12 heteroatoms. The Balaban J connectivity index is 1.12. The lowest BCUT2D eigenvalue weighted by Gasteiger charge is -2.44. The van der Waals surface area contributed by atoms with Crippen LogP contribution in [0.1, 0.15) is 66.2 Å². The van der Waals surface area contributed by atoms with Crippen molar-refractivity contribution in [3.8, 4) is 6.01 Å². The summed E-state index contributed by atoms with van der Waals surface area (Å²) >= 11 is 6.17. The maximum Gasteiger partial charge on any atom is 0.319 e. The Morgan fingerprint density at radius 1 is 1.02 bits per heavy atom. The minimum atomic E-state index is -2.73. The number of likely N-dealkylation sites (N-methyl/N-ethyl adjacent to an activating group) is 1. The predicted molar refractivity (Wildman–Crippen MR) is 206 cm³/mol. The number of ether oxygens (including phenoxy) is 3. The van der Waals surface area contributed by atoms with E-state index in [1.807, 2.05) is 0 Å². The minimum Gasteiger partial charge on any atom is -0.462 e. The molecule has 52 heavy (non-hydrogen) atoms. The first-order valence-electron chi connectivity index (χ1n) is 18.6. The molecule has 3 aliphatic heterocycles. The SMILES string of the molecule is CN1C[C@H](O[Si](c2ccccc2)(c2ccccc2)C(C)(C)C)C[C@H]1COc1nc(N2CCC[C@@](C)(OC3CCCCO3)C2)c2cnc(Cl)c(F)c2n1. The number of nitrogens with zero attached hydrogens (tertiary/aromatic N) is 5. The lowest BCUT2D eigenvalue weighted by molar-refractivity contribution is -0.221. The van der Waals surface area contributed by atoms with Crippen molar-refractivity contribution in [3.63, 3.8) is 0 Å². The number of pyridine rings is 1. The fraction of sp³-hybridized carbons (Fsp3) is 0.525. The Morgan fingerprint density at radius 3 is 2.38 bits per heavy atom. The molecule has 5 heterocycles. The summed E-state index contributed by atoms with van der Waals surface area (Å²) in [6, 6.07) is 21.6. The molecule has 3 aliphatic rings. The zero-order valence-corrected chi connectivity index (χ0v) is 32.7. The van der Waals surface area contributed by atoms with Crippen LogP contribution >= 0.6 is 11.6 Å². The molecule has 3 saturated heterocycles. The average Bonchev–Trinajstić information content (AvgIpc) is 3.49. The number of fused-ring (bicyclic) bond motifs is 1.